The maximum absolute atomic E-state index is 13.8. The summed E-state index contributed by atoms with van der Waals surface area (Å²) >= 11 is 0. The zero-order valence-electron chi connectivity index (χ0n) is 9.99. The van der Waals surface area contributed by atoms with Gasteiger partial charge in [-0.3, -0.25) is 4.57 Å². The summed E-state index contributed by atoms with van der Waals surface area (Å²) in [6, 6.07) is 10.1. The summed E-state index contributed by atoms with van der Waals surface area (Å²) in [4.78, 5) is 8.11. The molecule has 0 bridgehead atoms. The number of anilines is 1. The number of benzene rings is 1. The van der Waals surface area contributed by atoms with Crippen LogP contribution in [0.15, 0.2) is 55.1 Å². The van der Waals surface area contributed by atoms with E-state index in [1.54, 1.807) is 47.6 Å². The molecule has 0 unspecified atom stereocenters. The van der Waals surface area contributed by atoms with Gasteiger partial charge in [0.2, 0.25) is 0 Å². The molecule has 0 radical (unpaired) electrons. The average Bonchev–Trinajstić information content (AvgIpc) is 2.89. The number of halogens is 1. The van der Waals surface area contributed by atoms with E-state index >= 15 is 0 Å². The Hall–Kier alpha value is -2.69. The average molecular weight is 254 g/mol. The van der Waals surface area contributed by atoms with Gasteiger partial charge < -0.3 is 5.73 Å². The maximum Gasteiger partial charge on any atom is 0.147 e. The van der Waals surface area contributed by atoms with Crippen molar-refractivity contribution in [1.29, 1.82) is 0 Å². The Morgan fingerprint density at radius 2 is 1.89 bits per heavy atom. The Morgan fingerprint density at radius 1 is 1.05 bits per heavy atom. The van der Waals surface area contributed by atoms with Crippen molar-refractivity contribution in [3.8, 4) is 16.9 Å². The van der Waals surface area contributed by atoms with Gasteiger partial charge in [0.15, 0.2) is 0 Å². The molecule has 0 aliphatic rings. The van der Waals surface area contributed by atoms with Gasteiger partial charge in [-0.1, -0.05) is 12.1 Å². The molecule has 0 amide bonds. The van der Waals surface area contributed by atoms with Gasteiger partial charge >= 0.3 is 0 Å². The van der Waals surface area contributed by atoms with E-state index in [1.807, 2.05) is 6.07 Å². The smallest absolute Gasteiger partial charge is 0.147 e. The lowest BCUT2D eigenvalue weighted by molar-refractivity contribution is 0.618. The summed E-state index contributed by atoms with van der Waals surface area (Å²) in [5, 5.41) is 0. The van der Waals surface area contributed by atoms with E-state index in [4.69, 9.17) is 5.73 Å². The molecule has 1 aromatic carbocycles. The fourth-order valence-corrected chi connectivity index (χ4v) is 1.90. The van der Waals surface area contributed by atoms with E-state index in [0.717, 1.165) is 11.3 Å². The van der Waals surface area contributed by atoms with Crippen molar-refractivity contribution in [3.63, 3.8) is 0 Å². The predicted octanol–water partition coefficient (Wildman–Crippen LogP) is 2.66. The Labute approximate surface area is 109 Å². The Kier molecular flexibility index (Phi) is 2.72. The SMILES string of the molecule is Nc1ccc(-c2cncn2-c2ccccc2F)cn1. The second kappa shape index (κ2) is 4.53. The molecule has 0 aliphatic carbocycles. The van der Waals surface area contributed by atoms with E-state index in [2.05, 4.69) is 9.97 Å². The highest BCUT2D eigenvalue weighted by atomic mass is 19.1. The molecule has 4 nitrogen and oxygen atoms in total. The fraction of sp³-hybridized carbons (Fsp3) is 0. The highest BCUT2D eigenvalue weighted by Crippen LogP contribution is 2.23. The molecule has 0 spiro atoms. The lowest BCUT2D eigenvalue weighted by Crippen LogP contribution is -1.98. The second-order valence-electron chi connectivity index (χ2n) is 4.07. The van der Waals surface area contributed by atoms with E-state index in [1.165, 1.54) is 6.07 Å². The van der Waals surface area contributed by atoms with Crippen LogP contribution in [0, 0.1) is 5.82 Å². The van der Waals surface area contributed by atoms with Crippen LogP contribution in [0.25, 0.3) is 16.9 Å². The van der Waals surface area contributed by atoms with Crippen molar-refractivity contribution in [1.82, 2.24) is 14.5 Å². The molecule has 0 atom stereocenters. The zero-order chi connectivity index (χ0) is 13.2. The number of pyridine rings is 1. The van der Waals surface area contributed by atoms with Crippen LogP contribution < -0.4 is 5.73 Å². The van der Waals surface area contributed by atoms with Crippen molar-refractivity contribution >= 4 is 5.82 Å². The van der Waals surface area contributed by atoms with Gasteiger partial charge in [-0.2, -0.15) is 0 Å². The molecule has 2 N–H and O–H groups in total. The quantitative estimate of drug-likeness (QED) is 0.764. The summed E-state index contributed by atoms with van der Waals surface area (Å²) in [5.74, 6) is 0.144. The third-order valence-corrected chi connectivity index (χ3v) is 2.83. The zero-order valence-corrected chi connectivity index (χ0v) is 9.99. The predicted molar refractivity (Wildman–Crippen MR) is 71.2 cm³/mol. The summed E-state index contributed by atoms with van der Waals surface area (Å²) in [7, 11) is 0. The summed E-state index contributed by atoms with van der Waals surface area (Å²) in [6.45, 7) is 0. The minimum absolute atomic E-state index is 0.301. The summed E-state index contributed by atoms with van der Waals surface area (Å²) in [5.41, 5.74) is 7.60. The minimum Gasteiger partial charge on any atom is -0.384 e. The van der Waals surface area contributed by atoms with Crippen LogP contribution in [0.4, 0.5) is 10.2 Å². The van der Waals surface area contributed by atoms with Crippen molar-refractivity contribution in [2.24, 2.45) is 0 Å². The lowest BCUT2D eigenvalue weighted by atomic mass is 10.2. The molecule has 5 heteroatoms. The largest absolute Gasteiger partial charge is 0.384 e. The van der Waals surface area contributed by atoms with Crippen molar-refractivity contribution < 1.29 is 4.39 Å². The van der Waals surface area contributed by atoms with Crippen molar-refractivity contribution in [3.05, 3.63) is 60.9 Å². The number of nitrogens with zero attached hydrogens (tertiary/aromatic N) is 3. The monoisotopic (exact) mass is 254 g/mol. The van der Waals surface area contributed by atoms with Gasteiger partial charge in [0.1, 0.15) is 11.6 Å². The number of hydrogen-bond acceptors (Lipinski definition) is 3. The molecule has 0 saturated heterocycles. The number of hydrogen-bond donors (Lipinski definition) is 1. The maximum atomic E-state index is 13.8. The first-order chi connectivity index (χ1) is 9.25. The molecular weight excluding hydrogens is 243 g/mol. The van der Waals surface area contributed by atoms with Gasteiger partial charge in [-0.05, 0) is 24.3 Å². The molecule has 0 aliphatic heterocycles. The lowest BCUT2D eigenvalue weighted by Gasteiger charge is -2.09. The van der Waals surface area contributed by atoms with E-state index in [9.17, 15) is 4.39 Å². The van der Waals surface area contributed by atoms with Crippen LogP contribution in [-0.2, 0) is 0 Å². The molecule has 0 fully saturated rings. The van der Waals surface area contributed by atoms with Crippen LogP contribution >= 0.6 is 0 Å². The van der Waals surface area contributed by atoms with Crippen LogP contribution in [0.5, 0.6) is 0 Å². The first-order valence-corrected chi connectivity index (χ1v) is 5.75. The minimum atomic E-state index is -0.301. The normalized spacial score (nSPS) is 10.6. The second-order valence-corrected chi connectivity index (χ2v) is 4.07. The molecule has 0 saturated carbocycles. The third kappa shape index (κ3) is 2.06. The van der Waals surface area contributed by atoms with Crippen LogP contribution in [0.1, 0.15) is 0 Å². The molecular formula is C14H11FN4. The Bertz CT molecular complexity index is 703. The number of para-hydroxylation sites is 1. The van der Waals surface area contributed by atoms with Gasteiger partial charge in [-0.15, -0.1) is 0 Å². The summed E-state index contributed by atoms with van der Waals surface area (Å²) < 4.78 is 15.5. The molecule has 3 aromatic rings. The van der Waals surface area contributed by atoms with Gasteiger partial charge in [-0.25, -0.2) is 14.4 Å². The Balaban J connectivity index is 2.13. The highest BCUT2D eigenvalue weighted by molar-refractivity contribution is 5.62. The number of rotatable bonds is 2. The van der Waals surface area contributed by atoms with Crippen molar-refractivity contribution in [2.45, 2.75) is 0 Å². The highest BCUT2D eigenvalue weighted by Gasteiger charge is 2.10. The standard InChI is InChI=1S/C14H11FN4/c15-11-3-1-2-4-12(11)19-9-17-8-13(19)10-5-6-14(16)18-7-10/h1-9H,(H2,16,18). The van der Waals surface area contributed by atoms with E-state index in [0.29, 0.717) is 11.5 Å². The fourth-order valence-electron chi connectivity index (χ4n) is 1.90. The molecule has 94 valence electrons. The van der Waals surface area contributed by atoms with Crippen LogP contribution in [-0.4, -0.2) is 14.5 Å². The van der Waals surface area contributed by atoms with Gasteiger partial charge in [0.05, 0.1) is 23.9 Å². The molecule has 19 heavy (non-hydrogen) atoms. The van der Waals surface area contributed by atoms with Crippen molar-refractivity contribution in [2.75, 3.05) is 5.73 Å². The molecule has 3 rings (SSSR count). The third-order valence-electron chi connectivity index (χ3n) is 2.83. The van der Waals surface area contributed by atoms with Crippen LogP contribution in [0.3, 0.4) is 0 Å². The number of nitrogen functional groups attached to an aromatic ring is 1. The first-order valence-electron chi connectivity index (χ1n) is 5.75. The topological polar surface area (TPSA) is 56.7 Å². The molecule has 2 heterocycles. The Morgan fingerprint density at radius 3 is 2.63 bits per heavy atom. The van der Waals surface area contributed by atoms with Gasteiger partial charge in [0.25, 0.3) is 0 Å². The number of imidazole rings is 1. The number of nitrogens with two attached hydrogens (primary N) is 1. The number of aromatic nitrogens is 3. The first kappa shape index (κ1) is 11.4. The van der Waals surface area contributed by atoms with E-state index in [-0.39, 0.29) is 5.82 Å². The summed E-state index contributed by atoms with van der Waals surface area (Å²) in [6.07, 6.45) is 4.88. The van der Waals surface area contributed by atoms with Crippen LogP contribution in [0.2, 0.25) is 0 Å². The van der Waals surface area contributed by atoms with E-state index < -0.39 is 0 Å². The van der Waals surface area contributed by atoms with Gasteiger partial charge in [0, 0.05) is 11.8 Å². The molecule has 2 aromatic heterocycles.